The Morgan fingerprint density at radius 2 is 2.40 bits per heavy atom. The summed E-state index contributed by atoms with van der Waals surface area (Å²) in [5, 5.41) is 0. The summed E-state index contributed by atoms with van der Waals surface area (Å²) in [5.41, 5.74) is 5.62. The van der Waals surface area contributed by atoms with Crippen LogP contribution < -0.4 is 5.73 Å². The second-order valence-corrected chi connectivity index (χ2v) is 2.70. The Kier molecular flexibility index (Phi) is 2.51. The molecule has 0 saturated carbocycles. The monoisotopic (exact) mass is 138 g/mol. The highest BCUT2D eigenvalue weighted by Gasteiger charge is 2.01. The van der Waals surface area contributed by atoms with Crippen molar-refractivity contribution in [2.24, 2.45) is 5.73 Å². The van der Waals surface area contributed by atoms with E-state index in [4.69, 9.17) is 5.73 Å². The summed E-state index contributed by atoms with van der Waals surface area (Å²) in [4.78, 5) is 2.20. The highest BCUT2D eigenvalue weighted by atomic mass is 15.1. The maximum absolute atomic E-state index is 5.62. The van der Waals surface area contributed by atoms with Crippen molar-refractivity contribution in [3.63, 3.8) is 0 Å². The first-order valence-electron chi connectivity index (χ1n) is 3.62. The van der Waals surface area contributed by atoms with Crippen LogP contribution in [0.1, 0.15) is 6.92 Å². The minimum absolute atomic E-state index is 0.260. The number of allylic oxidation sites excluding steroid dienone is 2. The van der Waals surface area contributed by atoms with Crippen LogP contribution in [0.2, 0.25) is 0 Å². The number of rotatable bonds is 2. The van der Waals surface area contributed by atoms with Crippen LogP contribution >= 0.6 is 0 Å². The summed E-state index contributed by atoms with van der Waals surface area (Å²) in [6.45, 7) is 3.96. The molecule has 0 aromatic heterocycles. The first-order chi connectivity index (χ1) is 4.79. The third-order valence-electron chi connectivity index (χ3n) is 1.41. The van der Waals surface area contributed by atoms with Crippen molar-refractivity contribution in [2.75, 3.05) is 13.1 Å². The summed E-state index contributed by atoms with van der Waals surface area (Å²) < 4.78 is 0. The highest BCUT2D eigenvalue weighted by molar-refractivity contribution is 5.08. The lowest BCUT2D eigenvalue weighted by Crippen LogP contribution is -2.32. The van der Waals surface area contributed by atoms with Crippen molar-refractivity contribution in [1.29, 1.82) is 0 Å². The van der Waals surface area contributed by atoms with Gasteiger partial charge in [-0.15, -0.1) is 0 Å². The Hall–Kier alpha value is -0.760. The summed E-state index contributed by atoms with van der Waals surface area (Å²) in [6.07, 6.45) is 8.29. The fourth-order valence-corrected chi connectivity index (χ4v) is 1.01. The quantitative estimate of drug-likeness (QED) is 0.609. The van der Waals surface area contributed by atoms with Crippen molar-refractivity contribution < 1.29 is 0 Å². The van der Waals surface area contributed by atoms with Gasteiger partial charge in [-0.25, -0.2) is 0 Å². The van der Waals surface area contributed by atoms with Gasteiger partial charge < -0.3 is 10.6 Å². The molecule has 2 N–H and O–H groups in total. The van der Waals surface area contributed by atoms with E-state index < -0.39 is 0 Å². The van der Waals surface area contributed by atoms with Gasteiger partial charge in [0.15, 0.2) is 0 Å². The van der Waals surface area contributed by atoms with Crippen LogP contribution in [0.5, 0.6) is 0 Å². The van der Waals surface area contributed by atoms with Gasteiger partial charge in [0.05, 0.1) is 0 Å². The molecule has 1 rings (SSSR count). The molecule has 0 radical (unpaired) electrons. The molecule has 0 amide bonds. The van der Waals surface area contributed by atoms with E-state index in [1.807, 2.05) is 13.0 Å². The first kappa shape index (κ1) is 7.35. The molecular formula is C8H14N2. The second-order valence-electron chi connectivity index (χ2n) is 2.70. The van der Waals surface area contributed by atoms with Gasteiger partial charge >= 0.3 is 0 Å². The van der Waals surface area contributed by atoms with Gasteiger partial charge in [0.2, 0.25) is 0 Å². The van der Waals surface area contributed by atoms with Crippen LogP contribution in [0.25, 0.3) is 0 Å². The Bertz CT molecular complexity index is 147. The summed E-state index contributed by atoms with van der Waals surface area (Å²) >= 11 is 0. The Morgan fingerprint density at radius 3 is 2.90 bits per heavy atom. The highest BCUT2D eigenvalue weighted by Crippen LogP contribution is 1.98. The van der Waals surface area contributed by atoms with E-state index in [1.54, 1.807) is 0 Å². The summed E-state index contributed by atoms with van der Waals surface area (Å²) in [7, 11) is 0. The molecule has 56 valence electrons. The van der Waals surface area contributed by atoms with Crippen molar-refractivity contribution in [3.05, 3.63) is 24.4 Å². The van der Waals surface area contributed by atoms with E-state index in [0.717, 1.165) is 13.1 Å². The average molecular weight is 138 g/mol. The van der Waals surface area contributed by atoms with Crippen molar-refractivity contribution in [3.8, 4) is 0 Å². The molecule has 0 fully saturated rings. The molecule has 0 saturated heterocycles. The minimum atomic E-state index is 0.260. The normalized spacial score (nSPS) is 19.6. The molecule has 1 aliphatic rings. The lowest BCUT2D eigenvalue weighted by Gasteiger charge is -2.22. The van der Waals surface area contributed by atoms with Gasteiger partial charge in [-0.2, -0.15) is 0 Å². The van der Waals surface area contributed by atoms with Crippen molar-refractivity contribution >= 4 is 0 Å². The molecule has 0 bridgehead atoms. The predicted octanol–water partition coefficient (Wildman–Crippen LogP) is 0.719. The number of nitrogens with zero attached hydrogens (tertiary/aromatic N) is 1. The van der Waals surface area contributed by atoms with Gasteiger partial charge in [0, 0.05) is 19.1 Å². The molecule has 0 aliphatic carbocycles. The maximum atomic E-state index is 5.62. The third-order valence-corrected chi connectivity index (χ3v) is 1.41. The molecule has 1 unspecified atom stereocenters. The largest absolute Gasteiger partial charge is 0.372 e. The van der Waals surface area contributed by atoms with Gasteiger partial charge in [-0.3, -0.25) is 0 Å². The van der Waals surface area contributed by atoms with Crippen LogP contribution in [0, 0.1) is 0 Å². The molecule has 1 atom stereocenters. The standard InChI is InChI=1S/C8H14N2/c1-8(9)7-10-5-3-2-4-6-10/h2-5,8H,6-7,9H2,1H3. The van der Waals surface area contributed by atoms with E-state index >= 15 is 0 Å². The third kappa shape index (κ3) is 2.23. The molecule has 0 spiro atoms. The van der Waals surface area contributed by atoms with E-state index in [1.165, 1.54) is 0 Å². The fourth-order valence-electron chi connectivity index (χ4n) is 1.01. The van der Waals surface area contributed by atoms with Crippen molar-refractivity contribution in [1.82, 2.24) is 4.90 Å². The zero-order chi connectivity index (χ0) is 7.40. The Balaban J connectivity index is 2.30. The van der Waals surface area contributed by atoms with Crippen LogP contribution in [0.3, 0.4) is 0 Å². The number of hydrogen-bond donors (Lipinski definition) is 1. The molecule has 0 aromatic rings. The molecule has 2 nitrogen and oxygen atoms in total. The SMILES string of the molecule is CC(N)CN1C=CC=CC1. The number of nitrogens with two attached hydrogens (primary N) is 1. The second kappa shape index (κ2) is 3.42. The molecule has 0 aromatic carbocycles. The first-order valence-corrected chi connectivity index (χ1v) is 3.62. The van der Waals surface area contributed by atoms with Crippen molar-refractivity contribution in [2.45, 2.75) is 13.0 Å². The van der Waals surface area contributed by atoms with E-state index in [0.29, 0.717) is 0 Å². The summed E-state index contributed by atoms with van der Waals surface area (Å²) in [6, 6.07) is 0.260. The Morgan fingerprint density at radius 1 is 1.60 bits per heavy atom. The predicted molar refractivity (Wildman–Crippen MR) is 43.5 cm³/mol. The van der Waals surface area contributed by atoms with Gasteiger partial charge in [-0.05, 0) is 19.2 Å². The van der Waals surface area contributed by atoms with E-state index in [9.17, 15) is 0 Å². The molecule has 2 heteroatoms. The fraction of sp³-hybridized carbons (Fsp3) is 0.500. The van der Waals surface area contributed by atoms with Crippen LogP contribution in [0.4, 0.5) is 0 Å². The lowest BCUT2D eigenvalue weighted by molar-refractivity contribution is 0.386. The van der Waals surface area contributed by atoms with Crippen LogP contribution in [-0.4, -0.2) is 24.0 Å². The zero-order valence-corrected chi connectivity index (χ0v) is 6.33. The maximum Gasteiger partial charge on any atom is 0.0357 e. The molecule has 10 heavy (non-hydrogen) atoms. The van der Waals surface area contributed by atoms with Gasteiger partial charge in [-0.1, -0.05) is 12.2 Å². The molecule has 1 aliphatic heterocycles. The zero-order valence-electron chi connectivity index (χ0n) is 6.33. The van der Waals surface area contributed by atoms with Gasteiger partial charge in [0.25, 0.3) is 0 Å². The molecular weight excluding hydrogens is 124 g/mol. The lowest BCUT2D eigenvalue weighted by atomic mass is 10.3. The smallest absolute Gasteiger partial charge is 0.0357 e. The minimum Gasteiger partial charge on any atom is -0.372 e. The van der Waals surface area contributed by atoms with E-state index in [2.05, 4.69) is 23.3 Å². The number of hydrogen-bond acceptors (Lipinski definition) is 2. The molecule has 1 heterocycles. The van der Waals surface area contributed by atoms with E-state index in [-0.39, 0.29) is 6.04 Å². The van der Waals surface area contributed by atoms with Gasteiger partial charge in [0.1, 0.15) is 0 Å². The topological polar surface area (TPSA) is 29.3 Å². The summed E-state index contributed by atoms with van der Waals surface area (Å²) in [5.74, 6) is 0. The average Bonchev–Trinajstić information content (AvgIpc) is 1.88. The van der Waals surface area contributed by atoms with Crippen LogP contribution in [0.15, 0.2) is 24.4 Å². The van der Waals surface area contributed by atoms with Crippen LogP contribution in [-0.2, 0) is 0 Å². The Labute approximate surface area is 62.0 Å².